The number of halogens is 1. The van der Waals surface area contributed by atoms with Crippen molar-refractivity contribution in [2.45, 2.75) is 13.0 Å². The lowest BCUT2D eigenvalue weighted by molar-refractivity contribution is -0.126. The van der Waals surface area contributed by atoms with E-state index in [0.29, 0.717) is 36.9 Å². The number of nitrogens with one attached hydrogen (secondary N) is 1. The van der Waals surface area contributed by atoms with Gasteiger partial charge in [-0.1, -0.05) is 41.9 Å². The zero-order chi connectivity index (χ0) is 24.1. The van der Waals surface area contributed by atoms with Gasteiger partial charge in [-0.05, 0) is 29.8 Å². The Hall–Kier alpha value is -2.46. The van der Waals surface area contributed by atoms with Crippen molar-refractivity contribution in [3.8, 4) is 0 Å². The van der Waals surface area contributed by atoms with Crippen LogP contribution in [0.5, 0.6) is 0 Å². The summed E-state index contributed by atoms with van der Waals surface area (Å²) in [5.74, 6) is -1.09. The third-order valence-electron chi connectivity index (χ3n) is 6.27. The van der Waals surface area contributed by atoms with Gasteiger partial charge in [0.25, 0.3) is 0 Å². The SMILES string of the molecule is O=C(NCCS(=O)(=O)N1CCN(Cc2ccccc2)CC1)C1CC(=O)N(c2ccc(Cl)cc2)C1. The van der Waals surface area contributed by atoms with E-state index in [1.54, 1.807) is 29.2 Å². The number of hydrogen-bond acceptors (Lipinski definition) is 5. The van der Waals surface area contributed by atoms with Crippen LogP contribution < -0.4 is 10.2 Å². The number of sulfonamides is 1. The predicted molar refractivity (Wildman–Crippen MR) is 132 cm³/mol. The topological polar surface area (TPSA) is 90.0 Å². The van der Waals surface area contributed by atoms with E-state index in [1.807, 2.05) is 18.2 Å². The molecule has 1 unspecified atom stereocenters. The number of carbonyl (C=O) groups is 2. The van der Waals surface area contributed by atoms with E-state index in [9.17, 15) is 18.0 Å². The van der Waals surface area contributed by atoms with Crippen LogP contribution >= 0.6 is 11.6 Å². The van der Waals surface area contributed by atoms with Crippen LogP contribution in [0.25, 0.3) is 0 Å². The van der Waals surface area contributed by atoms with Crippen molar-refractivity contribution in [2.75, 3.05) is 49.9 Å². The van der Waals surface area contributed by atoms with Crippen molar-refractivity contribution in [3.63, 3.8) is 0 Å². The number of nitrogens with zero attached hydrogens (tertiary/aromatic N) is 3. The summed E-state index contributed by atoms with van der Waals surface area (Å²) in [4.78, 5) is 28.7. The van der Waals surface area contributed by atoms with Crippen LogP contribution in [0.2, 0.25) is 5.02 Å². The van der Waals surface area contributed by atoms with E-state index in [-0.39, 0.29) is 37.1 Å². The molecule has 0 aliphatic carbocycles. The molecule has 182 valence electrons. The molecule has 2 amide bonds. The Balaban J connectivity index is 1.21. The Kier molecular flexibility index (Phi) is 7.88. The van der Waals surface area contributed by atoms with Gasteiger partial charge in [0.05, 0.1) is 11.7 Å². The summed E-state index contributed by atoms with van der Waals surface area (Å²) in [6.45, 7) is 3.32. The molecule has 8 nitrogen and oxygen atoms in total. The fraction of sp³-hybridized carbons (Fsp3) is 0.417. The van der Waals surface area contributed by atoms with Crippen molar-refractivity contribution in [1.82, 2.24) is 14.5 Å². The molecular formula is C24H29ClN4O4S. The fourth-order valence-electron chi connectivity index (χ4n) is 4.34. The van der Waals surface area contributed by atoms with E-state index < -0.39 is 15.9 Å². The first-order valence-corrected chi connectivity index (χ1v) is 13.4. The molecule has 0 bridgehead atoms. The number of amides is 2. The maximum absolute atomic E-state index is 12.8. The highest BCUT2D eigenvalue weighted by atomic mass is 35.5. The number of benzene rings is 2. The van der Waals surface area contributed by atoms with E-state index in [0.717, 1.165) is 6.54 Å². The van der Waals surface area contributed by atoms with Gasteiger partial charge in [0, 0.05) is 62.9 Å². The summed E-state index contributed by atoms with van der Waals surface area (Å²) >= 11 is 5.90. The maximum atomic E-state index is 12.8. The summed E-state index contributed by atoms with van der Waals surface area (Å²) in [6, 6.07) is 17.0. The van der Waals surface area contributed by atoms with Crippen molar-refractivity contribution in [3.05, 3.63) is 65.2 Å². The van der Waals surface area contributed by atoms with Gasteiger partial charge in [0.1, 0.15) is 0 Å². The molecule has 1 N–H and O–H groups in total. The molecule has 10 heteroatoms. The molecule has 0 spiro atoms. The Bertz CT molecular complexity index is 1100. The van der Waals surface area contributed by atoms with E-state index in [1.165, 1.54) is 9.87 Å². The molecule has 2 heterocycles. The van der Waals surface area contributed by atoms with Gasteiger partial charge in [-0.15, -0.1) is 0 Å². The Morgan fingerprint density at radius 1 is 1.00 bits per heavy atom. The number of carbonyl (C=O) groups excluding carboxylic acids is 2. The summed E-state index contributed by atoms with van der Waals surface area (Å²) in [5, 5.41) is 3.28. The standard InChI is InChI=1S/C24H29ClN4O4S/c25-21-6-8-22(9-7-21)29-18-20(16-23(29)30)24(31)26-10-15-34(32,33)28-13-11-27(12-14-28)17-19-4-2-1-3-5-19/h1-9,20H,10-18H2,(H,26,31). The highest BCUT2D eigenvalue weighted by molar-refractivity contribution is 7.89. The lowest BCUT2D eigenvalue weighted by Gasteiger charge is -2.34. The lowest BCUT2D eigenvalue weighted by Crippen LogP contribution is -2.49. The van der Waals surface area contributed by atoms with Gasteiger partial charge in [0.2, 0.25) is 21.8 Å². The smallest absolute Gasteiger partial charge is 0.227 e. The predicted octanol–water partition coefficient (Wildman–Crippen LogP) is 1.96. The van der Waals surface area contributed by atoms with Crippen LogP contribution in [0, 0.1) is 5.92 Å². The molecule has 0 saturated carbocycles. The van der Waals surface area contributed by atoms with Gasteiger partial charge in [-0.3, -0.25) is 14.5 Å². The second-order valence-corrected chi connectivity index (χ2v) is 11.2. The van der Waals surface area contributed by atoms with Crippen LogP contribution in [0.15, 0.2) is 54.6 Å². The van der Waals surface area contributed by atoms with Gasteiger partial charge < -0.3 is 10.2 Å². The van der Waals surface area contributed by atoms with E-state index >= 15 is 0 Å². The minimum atomic E-state index is -3.47. The van der Waals surface area contributed by atoms with E-state index in [4.69, 9.17) is 11.6 Å². The minimum absolute atomic E-state index is 0.0248. The second-order valence-electron chi connectivity index (χ2n) is 8.65. The fourth-order valence-corrected chi connectivity index (χ4v) is 5.80. The summed E-state index contributed by atoms with van der Waals surface area (Å²) < 4.78 is 27.0. The van der Waals surface area contributed by atoms with Crippen LogP contribution in [-0.4, -0.2) is 74.5 Å². The Morgan fingerprint density at radius 3 is 2.35 bits per heavy atom. The highest BCUT2D eigenvalue weighted by Crippen LogP contribution is 2.26. The number of rotatable bonds is 8. The minimum Gasteiger partial charge on any atom is -0.355 e. The first kappa shape index (κ1) is 24.7. The van der Waals surface area contributed by atoms with Crippen LogP contribution in [0.1, 0.15) is 12.0 Å². The summed E-state index contributed by atoms with van der Waals surface area (Å²) in [6.07, 6.45) is 0.102. The number of hydrogen-bond donors (Lipinski definition) is 1. The summed E-state index contributed by atoms with van der Waals surface area (Å²) in [5.41, 5.74) is 1.90. The Labute approximate surface area is 205 Å². The second kappa shape index (κ2) is 10.9. The molecular weight excluding hydrogens is 476 g/mol. The zero-order valence-corrected chi connectivity index (χ0v) is 20.5. The quantitative estimate of drug-likeness (QED) is 0.593. The van der Waals surface area contributed by atoms with Crippen molar-refractivity contribution < 1.29 is 18.0 Å². The van der Waals surface area contributed by atoms with Crippen molar-refractivity contribution in [1.29, 1.82) is 0 Å². The molecule has 0 aromatic heterocycles. The van der Waals surface area contributed by atoms with Gasteiger partial charge >= 0.3 is 0 Å². The molecule has 2 saturated heterocycles. The third kappa shape index (κ3) is 6.15. The summed E-state index contributed by atoms with van der Waals surface area (Å²) in [7, 11) is -3.47. The molecule has 2 aromatic carbocycles. The van der Waals surface area contributed by atoms with Crippen LogP contribution in [0.3, 0.4) is 0 Å². The third-order valence-corrected chi connectivity index (χ3v) is 8.39. The lowest BCUT2D eigenvalue weighted by atomic mass is 10.1. The first-order valence-electron chi connectivity index (χ1n) is 11.4. The molecule has 34 heavy (non-hydrogen) atoms. The van der Waals surface area contributed by atoms with Gasteiger partial charge in [-0.2, -0.15) is 4.31 Å². The molecule has 1 atom stereocenters. The molecule has 0 radical (unpaired) electrons. The van der Waals surface area contributed by atoms with Crippen LogP contribution in [-0.2, 0) is 26.2 Å². The maximum Gasteiger partial charge on any atom is 0.227 e. The molecule has 2 aliphatic heterocycles. The number of piperazine rings is 1. The van der Waals surface area contributed by atoms with Gasteiger partial charge in [-0.25, -0.2) is 8.42 Å². The van der Waals surface area contributed by atoms with Gasteiger partial charge in [0.15, 0.2) is 0 Å². The normalized spacial score (nSPS) is 20.0. The zero-order valence-electron chi connectivity index (χ0n) is 18.9. The van der Waals surface area contributed by atoms with Crippen LogP contribution in [0.4, 0.5) is 5.69 Å². The van der Waals surface area contributed by atoms with E-state index in [2.05, 4.69) is 22.3 Å². The van der Waals surface area contributed by atoms with Crippen molar-refractivity contribution >= 4 is 39.1 Å². The highest BCUT2D eigenvalue weighted by Gasteiger charge is 2.35. The molecule has 4 rings (SSSR count). The average molecular weight is 505 g/mol. The average Bonchev–Trinajstić information content (AvgIpc) is 3.22. The number of anilines is 1. The molecule has 2 fully saturated rings. The molecule has 2 aliphatic rings. The first-order chi connectivity index (χ1) is 16.3. The largest absolute Gasteiger partial charge is 0.355 e. The molecule has 2 aromatic rings. The monoisotopic (exact) mass is 504 g/mol. The van der Waals surface area contributed by atoms with Crippen molar-refractivity contribution in [2.24, 2.45) is 5.92 Å². The Morgan fingerprint density at radius 2 is 1.68 bits per heavy atom.